The van der Waals surface area contributed by atoms with Crippen LogP contribution in [0.3, 0.4) is 0 Å². The first kappa shape index (κ1) is 14.7. The average molecular weight is 273 g/mol. The summed E-state index contributed by atoms with van der Waals surface area (Å²) in [5.74, 6) is 0. The number of amides is 1. The second kappa shape index (κ2) is 5.97. The van der Waals surface area contributed by atoms with Crippen molar-refractivity contribution in [3.63, 3.8) is 0 Å². The predicted molar refractivity (Wildman–Crippen MR) is 68.0 cm³/mol. The minimum absolute atomic E-state index is 0.158. The highest BCUT2D eigenvalue weighted by molar-refractivity contribution is 6.28. The number of hydrazine groups is 1. The van der Waals surface area contributed by atoms with Crippen molar-refractivity contribution in [3.05, 3.63) is 23.2 Å². The van der Waals surface area contributed by atoms with Gasteiger partial charge in [-0.25, -0.2) is 20.2 Å². The van der Waals surface area contributed by atoms with Gasteiger partial charge in [0.15, 0.2) is 0 Å². The normalized spacial score (nSPS) is 12.9. The van der Waals surface area contributed by atoms with Crippen LogP contribution in [0.15, 0.2) is 12.4 Å². The molecule has 1 rings (SSSR count). The van der Waals surface area contributed by atoms with Crippen LogP contribution in [-0.2, 0) is 4.74 Å². The number of hydrogen-bond acceptors (Lipinski definition) is 5. The zero-order valence-corrected chi connectivity index (χ0v) is 11.6. The second-order valence-electron chi connectivity index (χ2n) is 4.78. The van der Waals surface area contributed by atoms with Gasteiger partial charge in [-0.3, -0.25) is 5.43 Å². The van der Waals surface area contributed by atoms with E-state index < -0.39 is 11.7 Å². The Morgan fingerprint density at radius 1 is 1.39 bits per heavy atom. The molecule has 1 heterocycles. The summed E-state index contributed by atoms with van der Waals surface area (Å²) >= 11 is 5.58. The molecule has 0 aliphatic heterocycles. The molecule has 0 saturated heterocycles. The Labute approximate surface area is 111 Å². The summed E-state index contributed by atoms with van der Waals surface area (Å²) in [6.45, 7) is 7.24. The molecular formula is C11H17ClN4O2. The van der Waals surface area contributed by atoms with Crippen LogP contribution >= 0.6 is 11.6 Å². The molecule has 0 spiro atoms. The van der Waals surface area contributed by atoms with E-state index in [1.54, 1.807) is 33.2 Å². The van der Waals surface area contributed by atoms with E-state index in [1.165, 1.54) is 0 Å². The van der Waals surface area contributed by atoms with E-state index in [-0.39, 0.29) is 11.3 Å². The van der Waals surface area contributed by atoms with Gasteiger partial charge in [0.05, 0.1) is 6.04 Å². The molecule has 0 saturated carbocycles. The number of hydrogen-bond donors (Lipinski definition) is 2. The summed E-state index contributed by atoms with van der Waals surface area (Å²) in [5, 5.41) is 0.186. The number of carbonyl (C=O) groups excluding carboxylic acids is 1. The highest BCUT2D eigenvalue weighted by Crippen LogP contribution is 2.10. The predicted octanol–water partition coefficient (Wildman–Crippen LogP) is 2.22. The van der Waals surface area contributed by atoms with Crippen LogP contribution in [0.1, 0.15) is 39.3 Å². The molecule has 0 bridgehead atoms. The number of rotatable bonds is 3. The van der Waals surface area contributed by atoms with Crippen molar-refractivity contribution < 1.29 is 9.53 Å². The van der Waals surface area contributed by atoms with Crippen LogP contribution in [0, 0.1) is 0 Å². The number of nitrogens with one attached hydrogen (secondary N) is 2. The number of nitrogens with zero attached hydrogens (tertiary/aromatic N) is 2. The molecule has 7 heteroatoms. The lowest BCUT2D eigenvalue weighted by Crippen LogP contribution is -2.42. The number of ether oxygens (including phenoxy) is 1. The Balaban J connectivity index is 2.44. The van der Waals surface area contributed by atoms with Gasteiger partial charge in [0.2, 0.25) is 5.28 Å². The molecule has 100 valence electrons. The largest absolute Gasteiger partial charge is 0.443 e. The lowest BCUT2D eigenvalue weighted by atomic mass is 10.2. The van der Waals surface area contributed by atoms with Gasteiger partial charge in [-0.05, 0) is 39.3 Å². The van der Waals surface area contributed by atoms with Crippen LogP contribution in [0.25, 0.3) is 0 Å². The Kier molecular flexibility index (Phi) is 4.86. The lowest BCUT2D eigenvalue weighted by Gasteiger charge is -2.21. The van der Waals surface area contributed by atoms with E-state index in [4.69, 9.17) is 16.3 Å². The van der Waals surface area contributed by atoms with Gasteiger partial charge in [0.1, 0.15) is 5.60 Å². The first-order valence-electron chi connectivity index (χ1n) is 5.50. The van der Waals surface area contributed by atoms with Crippen LogP contribution in [0.4, 0.5) is 4.79 Å². The summed E-state index contributed by atoms with van der Waals surface area (Å²) in [4.78, 5) is 19.1. The van der Waals surface area contributed by atoms with Crippen LogP contribution in [0.2, 0.25) is 5.28 Å². The third-order valence-electron chi connectivity index (χ3n) is 1.93. The monoisotopic (exact) mass is 272 g/mol. The molecule has 18 heavy (non-hydrogen) atoms. The number of aromatic nitrogens is 2. The maximum absolute atomic E-state index is 11.4. The SMILES string of the molecule is CC(NNC(=O)OC(C)(C)C)c1cnc(Cl)nc1. The fourth-order valence-corrected chi connectivity index (χ4v) is 1.20. The van der Waals surface area contributed by atoms with Gasteiger partial charge in [-0.15, -0.1) is 0 Å². The highest BCUT2D eigenvalue weighted by Gasteiger charge is 2.16. The van der Waals surface area contributed by atoms with Crippen molar-refractivity contribution in [1.29, 1.82) is 0 Å². The van der Waals surface area contributed by atoms with Gasteiger partial charge < -0.3 is 4.74 Å². The number of halogens is 1. The smallest absolute Gasteiger partial charge is 0.422 e. The third-order valence-corrected chi connectivity index (χ3v) is 2.13. The van der Waals surface area contributed by atoms with Crippen LogP contribution in [-0.4, -0.2) is 21.7 Å². The van der Waals surface area contributed by atoms with Gasteiger partial charge in [-0.1, -0.05) is 0 Å². The van der Waals surface area contributed by atoms with E-state index >= 15 is 0 Å². The van der Waals surface area contributed by atoms with Gasteiger partial charge in [-0.2, -0.15) is 0 Å². The molecule has 0 fully saturated rings. The second-order valence-corrected chi connectivity index (χ2v) is 5.12. The summed E-state index contributed by atoms with van der Waals surface area (Å²) in [6, 6.07) is -0.158. The van der Waals surface area contributed by atoms with Crippen LogP contribution in [0.5, 0.6) is 0 Å². The maximum atomic E-state index is 11.4. The average Bonchev–Trinajstić information content (AvgIpc) is 2.24. The Morgan fingerprint density at radius 3 is 2.44 bits per heavy atom. The van der Waals surface area contributed by atoms with Gasteiger partial charge >= 0.3 is 6.09 Å². The minimum Gasteiger partial charge on any atom is -0.443 e. The zero-order chi connectivity index (χ0) is 13.8. The molecule has 2 N–H and O–H groups in total. The standard InChI is InChI=1S/C11H17ClN4O2/c1-7(8-5-13-9(12)14-6-8)15-16-10(17)18-11(2,3)4/h5-7,15H,1-4H3,(H,16,17). The quantitative estimate of drug-likeness (QED) is 0.652. The summed E-state index contributed by atoms with van der Waals surface area (Å²) in [7, 11) is 0. The maximum Gasteiger partial charge on any atom is 0.422 e. The number of carbonyl (C=O) groups is 1. The Bertz CT molecular complexity index is 402. The van der Waals surface area contributed by atoms with Crippen molar-refractivity contribution >= 4 is 17.7 Å². The molecule has 1 aromatic rings. The zero-order valence-electron chi connectivity index (χ0n) is 10.8. The molecule has 1 aromatic heterocycles. The van der Waals surface area contributed by atoms with Crippen molar-refractivity contribution in [3.8, 4) is 0 Å². The van der Waals surface area contributed by atoms with E-state index in [2.05, 4.69) is 20.8 Å². The summed E-state index contributed by atoms with van der Waals surface area (Å²) in [5.41, 5.74) is 5.52. The highest BCUT2D eigenvalue weighted by atomic mass is 35.5. The molecule has 0 aliphatic rings. The molecule has 0 aliphatic carbocycles. The van der Waals surface area contributed by atoms with Crippen molar-refractivity contribution in [1.82, 2.24) is 20.8 Å². The lowest BCUT2D eigenvalue weighted by molar-refractivity contribution is 0.0489. The molecule has 1 unspecified atom stereocenters. The van der Waals surface area contributed by atoms with Crippen molar-refractivity contribution in [2.45, 2.75) is 39.3 Å². The minimum atomic E-state index is -0.538. The molecule has 1 atom stereocenters. The van der Waals surface area contributed by atoms with E-state index in [0.717, 1.165) is 5.56 Å². The topological polar surface area (TPSA) is 76.1 Å². The Hall–Kier alpha value is -1.40. The Morgan fingerprint density at radius 2 is 1.94 bits per heavy atom. The first-order chi connectivity index (χ1) is 8.28. The van der Waals surface area contributed by atoms with Crippen molar-refractivity contribution in [2.75, 3.05) is 0 Å². The van der Waals surface area contributed by atoms with Gasteiger partial charge in [0.25, 0.3) is 0 Å². The first-order valence-corrected chi connectivity index (χ1v) is 5.87. The molecule has 0 radical (unpaired) electrons. The summed E-state index contributed by atoms with van der Waals surface area (Å²) < 4.78 is 5.08. The van der Waals surface area contributed by atoms with E-state index in [9.17, 15) is 4.79 Å². The van der Waals surface area contributed by atoms with Gasteiger partial charge in [0, 0.05) is 18.0 Å². The third kappa shape index (κ3) is 5.29. The van der Waals surface area contributed by atoms with Crippen LogP contribution < -0.4 is 10.9 Å². The van der Waals surface area contributed by atoms with Crippen molar-refractivity contribution in [2.24, 2.45) is 0 Å². The van der Waals surface area contributed by atoms with E-state index in [1.807, 2.05) is 6.92 Å². The molecule has 0 aromatic carbocycles. The van der Waals surface area contributed by atoms with E-state index in [0.29, 0.717) is 0 Å². The fourth-order valence-electron chi connectivity index (χ4n) is 1.10. The molecule has 6 nitrogen and oxygen atoms in total. The molecule has 1 amide bonds. The fraction of sp³-hybridized carbons (Fsp3) is 0.545. The summed E-state index contributed by atoms with van der Waals surface area (Å²) in [6.07, 6.45) is 2.64. The molecular weight excluding hydrogens is 256 g/mol.